The number of hydrogen-bond donors (Lipinski definition) is 1. The van der Waals surface area contributed by atoms with E-state index in [0.29, 0.717) is 10.7 Å². The number of anilines is 1. The number of hydrogen-bond acceptors (Lipinski definition) is 2. The highest BCUT2D eigenvalue weighted by Gasteiger charge is 2.06. The third kappa shape index (κ3) is 2.04. The first-order valence-corrected chi connectivity index (χ1v) is 5.67. The number of aryl methyl sites for hydroxylation is 1. The first-order valence-electron chi connectivity index (χ1n) is 5.29. The SMILES string of the molecule is CCCn1nccc1-c1ccc(Cl)c(N)c1. The number of nitrogen functional groups attached to an aromatic ring is 1. The lowest BCUT2D eigenvalue weighted by Crippen LogP contribution is -2.01. The van der Waals surface area contributed by atoms with Crippen LogP contribution in [-0.2, 0) is 6.54 Å². The third-order valence-electron chi connectivity index (χ3n) is 2.44. The predicted molar refractivity (Wildman–Crippen MR) is 67.4 cm³/mol. The number of rotatable bonds is 3. The number of halogens is 1. The van der Waals surface area contributed by atoms with Crippen molar-refractivity contribution < 1.29 is 0 Å². The molecule has 2 rings (SSSR count). The van der Waals surface area contributed by atoms with Crippen molar-refractivity contribution in [3.63, 3.8) is 0 Å². The zero-order valence-electron chi connectivity index (χ0n) is 9.15. The molecule has 0 saturated heterocycles. The summed E-state index contributed by atoms with van der Waals surface area (Å²) in [5.41, 5.74) is 8.51. The summed E-state index contributed by atoms with van der Waals surface area (Å²) in [6.45, 7) is 3.03. The summed E-state index contributed by atoms with van der Waals surface area (Å²) in [7, 11) is 0. The lowest BCUT2D eigenvalue weighted by molar-refractivity contribution is 0.609. The molecule has 4 heteroatoms. The molecule has 0 atom stereocenters. The summed E-state index contributed by atoms with van der Waals surface area (Å²) in [5.74, 6) is 0. The van der Waals surface area contributed by atoms with Gasteiger partial charge in [0, 0.05) is 18.3 Å². The van der Waals surface area contributed by atoms with Gasteiger partial charge in [0.15, 0.2) is 0 Å². The highest BCUT2D eigenvalue weighted by Crippen LogP contribution is 2.26. The van der Waals surface area contributed by atoms with E-state index >= 15 is 0 Å². The topological polar surface area (TPSA) is 43.8 Å². The van der Waals surface area contributed by atoms with Gasteiger partial charge in [-0.2, -0.15) is 5.10 Å². The molecule has 1 heterocycles. The molecule has 0 amide bonds. The van der Waals surface area contributed by atoms with E-state index < -0.39 is 0 Å². The van der Waals surface area contributed by atoms with Crippen LogP contribution in [0.3, 0.4) is 0 Å². The number of benzene rings is 1. The maximum atomic E-state index is 5.90. The first kappa shape index (κ1) is 11.0. The number of nitrogens with two attached hydrogens (primary N) is 1. The molecule has 16 heavy (non-hydrogen) atoms. The second-order valence-electron chi connectivity index (χ2n) is 3.68. The van der Waals surface area contributed by atoms with Gasteiger partial charge in [-0.3, -0.25) is 4.68 Å². The standard InChI is InChI=1S/C12H14ClN3/c1-2-7-16-12(5-6-15-16)9-3-4-10(13)11(14)8-9/h3-6,8H,2,7,14H2,1H3. The maximum Gasteiger partial charge on any atom is 0.0682 e. The molecule has 1 aromatic heterocycles. The molecule has 0 unspecified atom stereocenters. The van der Waals surface area contributed by atoms with Gasteiger partial charge < -0.3 is 5.73 Å². The van der Waals surface area contributed by atoms with Crippen LogP contribution < -0.4 is 5.73 Å². The minimum Gasteiger partial charge on any atom is -0.398 e. The van der Waals surface area contributed by atoms with Crippen LogP contribution >= 0.6 is 11.6 Å². The fourth-order valence-corrected chi connectivity index (χ4v) is 1.79. The van der Waals surface area contributed by atoms with Crippen molar-refractivity contribution in [2.75, 3.05) is 5.73 Å². The van der Waals surface area contributed by atoms with Crippen molar-refractivity contribution in [3.05, 3.63) is 35.5 Å². The van der Waals surface area contributed by atoms with E-state index in [9.17, 15) is 0 Å². The maximum absolute atomic E-state index is 5.90. The van der Waals surface area contributed by atoms with Gasteiger partial charge in [-0.15, -0.1) is 0 Å². The number of aromatic nitrogens is 2. The van der Waals surface area contributed by atoms with Crippen LogP contribution in [0.15, 0.2) is 30.5 Å². The Labute approximate surface area is 99.8 Å². The molecule has 3 nitrogen and oxygen atoms in total. The minimum atomic E-state index is 0.588. The van der Waals surface area contributed by atoms with E-state index in [1.54, 1.807) is 6.20 Å². The van der Waals surface area contributed by atoms with Crippen LogP contribution in [-0.4, -0.2) is 9.78 Å². The van der Waals surface area contributed by atoms with Crippen LogP contribution in [0.1, 0.15) is 13.3 Å². The van der Waals surface area contributed by atoms with Gasteiger partial charge in [0.25, 0.3) is 0 Å². The van der Waals surface area contributed by atoms with Gasteiger partial charge in [0.05, 0.1) is 16.4 Å². The van der Waals surface area contributed by atoms with Gasteiger partial charge >= 0.3 is 0 Å². The lowest BCUT2D eigenvalue weighted by atomic mass is 10.1. The summed E-state index contributed by atoms with van der Waals surface area (Å²) < 4.78 is 1.97. The number of nitrogens with zero attached hydrogens (tertiary/aromatic N) is 2. The van der Waals surface area contributed by atoms with E-state index in [1.807, 2.05) is 28.9 Å². The van der Waals surface area contributed by atoms with E-state index in [-0.39, 0.29) is 0 Å². The van der Waals surface area contributed by atoms with E-state index in [4.69, 9.17) is 17.3 Å². The van der Waals surface area contributed by atoms with Gasteiger partial charge in [0.1, 0.15) is 0 Å². The first-order chi connectivity index (χ1) is 7.72. The molecular weight excluding hydrogens is 222 g/mol. The molecule has 0 radical (unpaired) electrons. The van der Waals surface area contributed by atoms with Crippen LogP contribution in [0.2, 0.25) is 5.02 Å². The van der Waals surface area contributed by atoms with Crippen molar-refractivity contribution >= 4 is 17.3 Å². The van der Waals surface area contributed by atoms with Crippen LogP contribution in [0.4, 0.5) is 5.69 Å². The largest absolute Gasteiger partial charge is 0.398 e. The van der Waals surface area contributed by atoms with Gasteiger partial charge in [-0.1, -0.05) is 24.6 Å². The van der Waals surface area contributed by atoms with Crippen molar-refractivity contribution in [3.8, 4) is 11.3 Å². The quantitative estimate of drug-likeness (QED) is 0.831. The normalized spacial score (nSPS) is 10.6. The van der Waals surface area contributed by atoms with Crippen molar-refractivity contribution in [1.29, 1.82) is 0 Å². The van der Waals surface area contributed by atoms with E-state index in [0.717, 1.165) is 24.2 Å². The Bertz CT molecular complexity index is 491. The monoisotopic (exact) mass is 235 g/mol. The Morgan fingerprint density at radius 1 is 1.38 bits per heavy atom. The van der Waals surface area contributed by atoms with E-state index in [1.165, 1.54) is 0 Å². The van der Waals surface area contributed by atoms with Crippen LogP contribution in [0.25, 0.3) is 11.3 Å². The molecule has 2 N–H and O–H groups in total. The fraction of sp³-hybridized carbons (Fsp3) is 0.250. The Morgan fingerprint density at radius 2 is 2.19 bits per heavy atom. The summed E-state index contributed by atoms with van der Waals surface area (Å²) in [6, 6.07) is 7.64. The van der Waals surface area contributed by atoms with Gasteiger partial charge in [-0.05, 0) is 24.6 Å². The molecule has 1 aromatic carbocycles. The zero-order chi connectivity index (χ0) is 11.5. The predicted octanol–water partition coefficient (Wildman–Crippen LogP) is 3.20. The van der Waals surface area contributed by atoms with Crippen molar-refractivity contribution in [1.82, 2.24) is 9.78 Å². The van der Waals surface area contributed by atoms with Gasteiger partial charge in [-0.25, -0.2) is 0 Å². The Kier molecular flexibility index (Phi) is 3.15. The summed E-state index contributed by atoms with van der Waals surface area (Å²) in [4.78, 5) is 0. The van der Waals surface area contributed by atoms with Crippen LogP contribution in [0, 0.1) is 0 Å². The highest BCUT2D eigenvalue weighted by molar-refractivity contribution is 6.33. The molecule has 0 saturated carbocycles. The summed E-state index contributed by atoms with van der Waals surface area (Å²) in [6.07, 6.45) is 2.85. The Morgan fingerprint density at radius 3 is 2.88 bits per heavy atom. The molecule has 0 aliphatic rings. The average molecular weight is 236 g/mol. The van der Waals surface area contributed by atoms with Crippen LogP contribution in [0.5, 0.6) is 0 Å². The summed E-state index contributed by atoms with van der Waals surface area (Å²) >= 11 is 5.90. The van der Waals surface area contributed by atoms with Gasteiger partial charge in [0.2, 0.25) is 0 Å². The van der Waals surface area contributed by atoms with Crippen molar-refractivity contribution in [2.24, 2.45) is 0 Å². The third-order valence-corrected chi connectivity index (χ3v) is 2.79. The Hall–Kier alpha value is -1.48. The molecular formula is C12H14ClN3. The second kappa shape index (κ2) is 4.58. The van der Waals surface area contributed by atoms with Crippen molar-refractivity contribution in [2.45, 2.75) is 19.9 Å². The zero-order valence-corrected chi connectivity index (χ0v) is 9.91. The average Bonchev–Trinajstić information content (AvgIpc) is 2.71. The molecule has 0 spiro atoms. The molecule has 0 aliphatic heterocycles. The van der Waals surface area contributed by atoms with E-state index in [2.05, 4.69) is 12.0 Å². The molecule has 0 bridgehead atoms. The molecule has 2 aromatic rings. The molecule has 84 valence electrons. The molecule has 0 aliphatic carbocycles. The lowest BCUT2D eigenvalue weighted by Gasteiger charge is -2.07. The smallest absolute Gasteiger partial charge is 0.0682 e. The molecule has 0 fully saturated rings. The minimum absolute atomic E-state index is 0.588. The second-order valence-corrected chi connectivity index (χ2v) is 4.08. The fourth-order valence-electron chi connectivity index (χ4n) is 1.67. The highest BCUT2D eigenvalue weighted by atomic mass is 35.5. The Balaban J connectivity index is 2.42. The summed E-state index contributed by atoms with van der Waals surface area (Å²) in [5, 5.41) is 4.87.